The monoisotopic (exact) mass is 497 g/mol. The standard InChI is InChI=1S/C26H31N3O7/c1-33-16-26(32)29-9-3-10-36-23-12-17(4-7-22(23)34-2)20-14-24(30)28-21-13-18(5-6-19(20)21)35-11-8-27-25(31)15-29/h4-7,12-13,20H,3,8-11,14-16H2,1-2H3,(H,27,31)(H,28,30). The number of nitrogens with one attached hydrogen (secondary N) is 2. The van der Waals surface area contributed by atoms with E-state index in [0.717, 1.165) is 11.1 Å². The van der Waals surface area contributed by atoms with Gasteiger partial charge in [0.05, 0.1) is 26.8 Å². The molecule has 2 aromatic rings. The first-order valence-electron chi connectivity index (χ1n) is 11.9. The molecular weight excluding hydrogens is 466 g/mol. The van der Waals surface area contributed by atoms with Crippen LogP contribution in [0.2, 0.25) is 0 Å². The number of methoxy groups -OCH3 is 2. The van der Waals surface area contributed by atoms with Crippen LogP contribution in [0.1, 0.15) is 29.9 Å². The summed E-state index contributed by atoms with van der Waals surface area (Å²) in [5, 5.41) is 5.70. The average molecular weight is 498 g/mol. The van der Waals surface area contributed by atoms with E-state index in [9.17, 15) is 14.4 Å². The van der Waals surface area contributed by atoms with E-state index in [4.69, 9.17) is 18.9 Å². The lowest BCUT2D eigenvalue weighted by Gasteiger charge is -2.27. The van der Waals surface area contributed by atoms with Gasteiger partial charge >= 0.3 is 0 Å². The molecule has 0 spiro atoms. The molecule has 1 unspecified atom stereocenters. The molecule has 0 fully saturated rings. The van der Waals surface area contributed by atoms with Crippen molar-refractivity contribution in [2.24, 2.45) is 0 Å². The summed E-state index contributed by atoms with van der Waals surface area (Å²) < 4.78 is 22.3. The van der Waals surface area contributed by atoms with Crippen LogP contribution in [0.15, 0.2) is 36.4 Å². The minimum Gasteiger partial charge on any atom is -0.493 e. The van der Waals surface area contributed by atoms with Gasteiger partial charge in [-0.25, -0.2) is 0 Å². The van der Waals surface area contributed by atoms with Crippen LogP contribution >= 0.6 is 0 Å². The summed E-state index contributed by atoms with van der Waals surface area (Å²) in [6, 6.07) is 11.3. The molecule has 10 heteroatoms. The fourth-order valence-electron chi connectivity index (χ4n) is 4.39. The number of hydrogen-bond acceptors (Lipinski definition) is 7. The number of fused-ring (bicyclic) bond motifs is 11. The van der Waals surface area contributed by atoms with Gasteiger partial charge in [-0.15, -0.1) is 0 Å². The van der Waals surface area contributed by atoms with Gasteiger partial charge in [0, 0.05) is 37.7 Å². The van der Waals surface area contributed by atoms with Crippen molar-refractivity contribution in [3.05, 3.63) is 47.5 Å². The summed E-state index contributed by atoms with van der Waals surface area (Å²) in [6.07, 6.45) is 0.804. The third-order valence-corrected chi connectivity index (χ3v) is 6.13. The zero-order valence-electron chi connectivity index (χ0n) is 20.5. The molecule has 5 rings (SSSR count). The lowest BCUT2D eigenvalue weighted by atomic mass is 9.84. The molecule has 3 amide bonds. The van der Waals surface area contributed by atoms with Gasteiger partial charge in [0.15, 0.2) is 11.5 Å². The van der Waals surface area contributed by atoms with Crippen molar-refractivity contribution in [1.29, 1.82) is 0 Å². The predicted molar refractivity (Wildman–Crippen MR) is 132 cm³/mol. The van der Waals surface area contributed by atoms with Crippen LogP contribution in [-0.4, -0.2) is 76.3 Å². The van der Waals surface area contributed by atoms with E-state index in [1.165, 1.54) is 12.0 Å². The summed E-state index contributed by atoms with van der Waals surface area (Å²) >= 11 is 0. The number of rotatable bonds is 3. The minimum absolute atomic E-state index is 0.0816. The maximum Gasteiger partial charge on any atom is 0.249 e. The minimum atomic E-state index is -0.295. The molecule has 0 saturated heterocycles. The molecule has 2 N–H and O–H groups in total. The SMILES string of the molecule is COCC(=O)N1CCCOc2cc(ccc2OC)C2CC(=O)Nc3cc(ccc32)OCCNC(=O)C1. The Hall–Kier alpha value is -3.79. The molecule has 0 aliphatic carbocycles. The molecule has 0 aromatic heterocycles. The Morgan fingerprint density at radius 3 is 2.75 bits per heavy atom. The maximum absolute atomic E-state index is 12.5. The van der Waals surface area contributed by atoms with Gasteiger partial charge in [-0.3, -0.25) is 14.4 Å². The second-order valence-corrected chi connectivity index (χ2v) is 8.61. The number of nitrogens with zero attached hydrogens (tertiary/aromatic N) is 1. The van der Waals surface area contributed by atoms with E-state index >= 15 is 0 Å². The molecule has 3 aliphatic rings. The van der Waals surface area contributed by atoms with Crippen LogP contribution in [0, 0.1) is 0 Å². The highest BCUT2D eigenvalue weighted by Crippen LogP contribution is 2.41. The average Bonchev–Trinajstić information content (AvgIpc) is 2.87. The van der Waals surface area contributed by atoms with Crippen molar-refractivity contribution in [3.63, 3.8) is 0 Å². The largest absolute Gasteiger partial charge is 0.493 e. The first kappa shape index (κ1) is 25.3. The van der Waals surface area contributed by atoms with Gasteiger partial charge in [0.1, 0.15) is 19.0 Å². The number of hydrogen-bond donors (Lipinski definition) is 2. The van der Waals surface area contributed by atoms with Gasteiger partial charge in [0.25, 0.3) is 0 Å². The van der Waals surface area contributed by atoms with Gasteiger partial charge < -0.3 is 34.5 Å². The molecule has 0 radical (unpaired) electrons. The molecule has 192 valence electrons. The number of carbonyl (C=O) groups is 3. The summed E-state index contributed by atoms with van der Waals surface area (Å²) in [6.45, 7) is 0.934. The Kier molecular flexibility index (Phi) is 8.27. The molecule has 2 aromatic carbocycles. The van der Waals surface area contributed by atoms with Gasteiger partial charge in [-0.1, -0.05) is 12.1 Å². The highest BCUT2D eigenvalue weighted by molar-refractivity contribution is 5.95. The molecule has 3 aliphatic heterocycles. The molecule has 36 heavy (non-hydrogen) atoms. The lowest BCUT2D eigenvalue weighted by molar-refractivity contribution is -0.139. The lowest BCUT2D eigenvalue weighted by Crippen LogP contribution is -2.43. The second kappa shape index (κ2) is 11.8. The van der Waals surface area contributed by atoms with E-state index in [0.29, 0.717) is 48.9 Å². The van der Waals surface area contributed by atoms with Crippen LogP contribution in [0.3, 0.4) is 0 Å². The van der Waals surface area contributed by atoms with Crippen molar-refractivity contribution in [1.82, 2.24) is 10.2 Å². The van der Waals surface area contributed by atoms with E-state index in [2.05, 4.69) is 10.6 Å². The molecule has 10 nitrogen and oxygen atoms in total. The smallest absolute Gasteiger partial charge is 0.249 e. The Morgan fingerprint density at radius 2 is 1.94 bits per heavy atom. The van der Waals surface area contributed by atoms with Gasteiger partial charge in [-0.05, 0) is 35.7 Å². The fraction of sp³-hybridized carbons (Fsp3) is 0.423. The third kappa shape index (κ3) is 6.06. The Morgan fingerprint density at radius 1 is 1.08 bits per heavy atom. The van der Waals surface area contributed by atoms with E-state index in [-0.39, 0.29) is 49.9 Å². The molecule has 1 atom stereocenters. The van der Waals surface area contributed by atoms with Crippen molar-refractivity contribution in [3.8, 4) is 17.2 Å². The Labute approximate surface area is 209 Å². The maximum atomic E-state index is 12.5. The zero-order valence-corrected chi connectivity index (χ0v) is 20.5. The summed E-state index contributed by atoms with van der Waals surface area (Å²) in [4.78, 5) is 38.9. The van der Waals surface area contributed by atoms with Crippen LogP contribution in [-0.2, 0) is 19.1 Å². The summed E-state index contributed by atoms with van der Waals surface area (Å²) in [5.41, 5.74) is 2.61. The second-order valence-electron chi connectivity index (χ2n) is 8.61. The number of benzene rings is 2. The predicted octanol–water partition coefficient (Wildman–Crippen LogP) is 1.92. The van der Waals surface area contributed by atoms with Crippen LogP contribution in [0.5, 0.6) is 17.2 Å². The first-order valence-corrected chi connectivity index (χ1v) is 11.9. The van der Waals surface area contributed by atoms with Gasteiger partial charge in [-0.2, -0.15) is 0 Å². The number of ether oxygens (including phenoxy) is 4. The number of anilines is 1. The molecule has 6 bridgehead atoms. The van der Waals surface area contributed by atoms with Crippen LogP contribution in [0.4, 0.5) is 5.69 Å². The normalized spacial score (nSPS) is 18.5. The third-order valence-electron chi connectivity index (χ3n) is 6.13. The van der Waals surface area contributed by atoms with Crippen molar-refractivity contribution < 1.29 is 33.3 Å². The molecule has 0 saturated carbocycles. The van der Waals surface area contributed by atoms with E-state index in [1.54, 1.807) is 13.2 Å². The topological polar surface area (TPSA) is 115 Å². The van der Waals surface area contributed by atoms with Crippen molar-refractivity contribution >= 4 is 23.4 Å². The first-order chi connectivity index (χ1) is 17.5. The van der Waals surface area contributed by atoms with E-state index in [1.807, 2.05) is 30.3 Å². The molecular formula is C26H31N3O7. The quantitative estimate of drug-likeness (QED) is 0.623. The van der Waals surface area contributed by atoms with Crippen LogP contribution < -0.4 is 24.8 Å². The molecule has 3 heterocycles. The van der Waals surface area contributed by atoms with E-state index < -0.39 is 0 Å². The Balaban J connectivity index is 1.63. The van der Waals surface area contributed by atoms with Crippen molar-refractivity contribution in [2.45, 2.75) is 18.8 Å². The van der Waals surface area contributed by atoms with Crippen molar-refractivity contribution in [2.75, 3.05) is 59.0 Å². The summed E-state index contributed by atoms with van der Waals surface area (Å²) in [7, 11) is 3.01. The summed E-state index contributed by atoms with van der Waals surface area (Å²) in [5.74, 6) is 0.893. The van der Waals surface area contributed by atoms with Gasteiger partial charge in [0.2, 0.25) is 17.7 Å². The highest BCUT2D eigenvalue weighted by Gasteiger charge is 2.28. The van der Waals surface area contributed by atoms with Crippen LogP contribution in [0.25, 0.3) is 0 Å². The number of carbonyl (C=O) groups excluding carboxylic acids is 3. The Bertz CT molecular complexity index is 1120. The number of amides is 3. The fourth-order valence-corrected chi connectivity index (χ4v) is 4.39. The highest BCUT2D eigenvalue weighted by atomic mass is 16.5. The zero-order chi connectivity index (χ0) is 25.5.